The minimum atomic E-state index is 0.749. The van der Waals surface area contributed by atoms with E-state index in [-0.39, 0.29) is 0 Å². The molecule has 0 aromatic heterocycles. The summed E-state index contributed by atoms with van der Waals surface area (Å²) in [5.41, 5.74) is 0. The summed E-state index contributed by atoms with van der Waals surface area (Å²) in [4.78, 5) is 7.88. The third kappa shape index (κ3) is 3.46. The molecule has 2 fully saturated rings. The summed E-state index contributed by atoms with van der Waals surface area (Å²) < 4.78 is 0. The fourth-order valence-corrected chi connectivity index (χ4v) is 3.27. The number of piperidine rings is 1. The second-order valence-electron chi connectivity index (χ2n) is 6.59. The molecular weight excluding hydrogens is 222 g/mol. The average molecular weight is 253 g/mol. The van der Waals surface area contributed by atoms with Gasteiger partial charge >= 0.3 is 0 Å². The molecule has 3 nitrogen and oxygen atoms in total. The van der Waals surface area contributed by atoms with E-state index in [0.717, 1.165) is 18.0 Å². The fraction of sp³-hybridized carbons (Fsp3) is 1.00. The van der Waals surface area contributed by atoms with Crippen LogP contribution in [0, 0.1) is 5.92 Å². The van der Waals surface area contributed by atoms with Gasteiger partial charge in [0.05, 0.1) is 0 Å². The van der Waals surface area contributed by atoms with Crippen LogP contribution in [-0.2, 0) is 0 Å². The molecule has 0 aromatic rings. The van der Waals surface area contributed by atoms with Crippen molar-refractivity contribution in [2.75, 3.05) is 46.3 Å². The van der Waals surface area contributed by atoms with Crippen LogP contribution in [-0.4, -0.2) is 73.1 Å². The molecule has 2 rings (SSSR count). The lowest BCUT2D eigenvalue weighted by Gasteiger charge is -2.44. The van der Waals surface area contributed by atoms with Crippen LogP contribution in [0.15, 0.2) is 0 Å². The fourth-order valence-electron chi connectivity index (χ4n) is 3.27. The summed E-state index contributed by atoms with van der Waals surface area (Å²) in [6, 6.07) is 1.60. The van der Waals surface area contributed by atoms with Crippen LogP contribution in [0.4, 0.5) is 0 Å². The van der Waals surface area contributed by atoms with Crippen molar-refractivity contribution < 1.29 is 0 Å². The predicted octanol–water partition coefficient (Wildman–Crippen LogP) is 1.74. The lowest BCUT2D eigenvalue weighted by atomic mass is 9.97. The van der Waals surface area contributed by atoms with E-state index >= 15 is 0 Å². The highest BCUT2D eigenvalue weighted by molar-refractivity contribution is 4.85. The highest BCUT2D eigenvalue weighted by Gasteiger charge is 2.28. The third-order valence-electron chi connectivity index (χ3n) is 5.09. The third-order valence-corrected chi connectivity index (χ3v) is 5.09. The van der Waals surface area contributed by atoms with Gasteiger partial charge in [0, 0.05) is 38.3 Å². The van der Waals surface area contributed by atoms with Crippen molar-refractivity contribution in [3.05, 3.63) is 0 Å². The first-order chi connectivity index (χ1) is 8.58. The van der Waals surface area contributed by atoms with Crippen LogP contribution in [0.1, 0.15) is 33.6 Å². The molecule has 0 bridgehead atoms. The monoisotopic (exact) mass is 253 g/mol. The second-order valence-corrected chi connectivity index (χ2v) is 6.59. The minimum absolute atomic E-state index is 0.749. The molecule has 3 heteroatoms. The number of piperazine rings is 1. The van der Waals surface area contributed by atoms with Gasteiger partial charge in [-0.2, -0.15) is 0 Å². The molecule has 0 amide bonds. The zero-order valence-corrected chi connectivity index (χ0v) is 12.7. The van der Waals surface area contributed by atoms with Crippen LogP contribution in [0.25, 0.3) is 0 Å². The van der Waals surface area contributed by atoms with Gasteiger partial charge in [-0.05, 0) is 45.8 Å². The van der Waals surface area contributed by atoms with Crippen molar-refractivity contribution >= 4 is 0 Å². The smallest absolute Gasteiger partial charge is 0.0121 e. The molecule has 0 aliphatic carbocycles. The lowest BCUT2D eigenvalue weighted by molar-refractivity contribution is 0.0491. The largest absolute Gasteiger partial charge is 0.304 e. The van der Waals surface area contributed by atoms with E-state index in [1.807, 2.05) is 0 Å². The van der Waals surface area contributed by atoms with Crippen molar-refractivity contribution in [3.63, 3.8) is 0 Å². The van der Waals surface area contributed by atoms with E-state index in [1.54, 1.807) is 0 Å². The Labute approximate surface area is 113 Å². The van der Waals surface area contributed by atoms with Gasteiger partial charge in [0.1, 0.15) is 0 Å². The van der Waals surface area contributed by atoms with E-state index in [4.69, 9.17) is 0 Å². The number of hydrogen-bond donors (Lipinski definition) is 0. The lowest BCUT2D eigenvalue weighted by Crippen LogP contribution is -2.53. The van der Waals surface area contributed by atoms with Crippen molar-refractivity contribution in [1.29, 1.82) is 0 Å². The Morgan fingerprint density at radius 3 is 1.89 bits per heavy atom. The molecule has 0 spiro atoms. The van der Waals surface area contributed by atoms with Gasteiger partial charge in [-0.25, -0.2) is 0 Å². The highest BCUT2D eigenvalue weighted by atomic mass is 15.3. The molecule has 0 saturated carbocycles. The molecule has 0 radical (unpaired) electrons. The predicted molar refractivity (Wildman–Crippen MR) is 78.0 cm³/mol. The Morgan fingerprint density at radius 1 is 0.833 bits per heavy atom. The van der Waals surface area contributed by atoms with Gasteiger partial charge < -0.3 is 9.80 Å². The Bertz CT molecular complexity index is 238. The van der Waals surface area contributed by atoms with E-state index in [2.05, 4.69) is 42.5 Å². The molecule has 2 saturated heterocycles. The maximum absolute atomic E-state index is 2.73. The van der Waals surface area contributed by atoms with Gasteiger partial charge in [0.15, 0.2) is 0 Å². The summed E-state index contributed by atoms with van der Waals surface area (Å²) in [7, 11) is 2.24. The molecular formula is C15H31N3. The van der Waals surface area contributed by atoms with Gasteiger partial charge in [0.2, 0.25) is 0 Å². The van der Waals surface area contributed by atoms with E-state index in [1.165, 1.54) is 52.1 Å². The second kappa shape index (κ2) is 6.36. The first-order valence-corrected chi connectivity index (χ1v) is 7.74. The molecule has 2 aliphatic rings. The Balaban J connectivity index is 1.76. The minimum Gasteiger partial charge on any atom is -0.304 e. The number of hydrogen-bond acceptors (Lipinski definition) is 3. The first-order valence-electron chi connectivity index (χ1n) is 7.74. The zero-order chi connectivity index (χ0) is 13.1. The Kier molecular flexibility index (Phi) is 5.05. The summed E-state index contributed by atoms with van der Waals surface area (Å²) in [5.74, 6) is 0.783. The molecule has 0 N–H and O–H groups in total. The van der Waals surface area contributed by atoms with Crippen LogP contribution in [0.5, 0.6) is 0 Å². The topological polar surface area (TPSA) is 9.72 Å². The van der Waals surface area contributed by atoms with Crippen molar-refractivity contribution in [1.82, 2.24) is 14.7 Å². The van der Waals surface area contributed by atoms with Crippen LogP contribution in [0.2, 0.25) is 0 Å². The molecule has 1 atom stereocenters. The Hall–Kier alpha value is -0.120. The summed E-state index contributed by atoms with van der Waals surface area (Å²) in [5, 5.41) is 0. The summed E-state index contributed by atoms with van der Waals surface area (Å²) >= 11 is 0. The van der Waals surface area contributed by atoms with Gasteiger partial charge in [0.25, 0.3) is 0 Å². The Morgan fingerprint density at radius 2 is 1.39 bits per heavy atom. The van der Waals surface area contributed by atoms with Crippen LogP contribution >= 0.6 is 0 Å². The normalized spacial score (nSPS) is 27.8. The maximum atomic E-state index is 2.73. The first kappa shape index (κ1) is 14.3. The average Bonchev–Trinajstić information content (AvgIpc) is 2.39. The molecule has 0 aromatic carbocycles. The van der Waals surface area contributed by atoms with Crippen molar-refractivity contribution in [2.24, 2.45) is 5.92 Å². The number of likely N-dealkylation sites (tertiary alicyclic amines) is 1. The number of nitrogens with zero attached hydrogens (tertiary/aromatic N) is 3. The molecule has 18 heavy (non-hydrogen) atoms. The standard InChI is InChI=1S/C15H31N3/c1-13(2)14(3)17-7-5-15(6-8-17)18-11-9-16(4)10-12-18/h13-15H,5-12H2,1-4H3. The highest BCUT2D eigenvalue weighted by Crippen LogP contribution is 2.21. The van der Waals surface area contributed by atoms with Gasteiger partial charge in [-0.15, -0.1) is 0 Å². The van der Waals surface area contributed by atoms with E-state index < -0.39 is 0 Å². The van der Waals surface area contributed by atoms with Gasteiger partial charge in [-0.1, -0.05) is 13.8 Å². The quantitative estimate of drug-likeness (QED) is 0.758. The molecule has 2 aliphatic heterocycles. The zero-order valence-electron chi connectivity index (χ0n) is 12.7. The molecule has 1 unspecified atom stereocenters. The van der Waals surface area contributed by atoms with E-state index in [0.29, 0.717) is 0 Å². The van der Waals surface area contributed by atoms with E-state index in [9.17, 15) is 0 Å². The van der Waals surface area contributed by atoms with Crippen molar-refractivity contribution in [2.45, 2.75) is 45.7 Å². The van der Waals surface area contributed by atoms with Crippen LogP contribution < -0.4 is 0 Å². The van der Waals surface area contributed by atoms with Crippen molar-refractivity contribution in [3.8, 4) is 0 Å². The number of rotatable bonds is 3. The van der Waals surface area contributed by atoms with Gasteiger partial charge in [-0.3, -0.25) is 4.90 Å². The molecule has 2 heterocycles. The van der Waals surface area contributed by atoms with Crippen LogP contribution in [0.3, 0.4) is 0 Å². The SMILES string of the molecule is CC(C)C(C)N1CCC(N2CCN(C)CC2)CC1. The summed E-state index contributed by atoms with van der Waals surface area (Å²) in [6.45, 7) is 14.7. The summed E-state index contributed by atoms with van der Waals surface area (Å²) in [6.07, 6.45) is 2.75. The molecule has 106 valence electrons. The number of likely N-dealkylation sites (N-methyl/N-ethyl adjacent to an activating group) is 1. The maximum Gasteiger partial charge on any atom is 0.0121 e.